The van der Waals surface area contributed by atoms with Crippen LogP contribution in [0.4, 0.5) is 0 Å². The van der Waals surface area contributed by atoms with Crippen LogP contribution in [0, 0.1) is 0 Å². The van der Waals surface area contributed by atoms with Crippen LogP contribution < -0.4 is 9.47 Å². The maximum atomic E-state index is 5.84. The second-order valence-corrected chi connectivity index (χ2v) is 6.39. The van der Waals surface area contributed by atoms with Crippen molar-refractivity contribution in [2.45, 2.75) is 51.2 Å². The summed E-state index contributed by atoms with van der Waals surface area (Å²) in [6, 6.07) is 6.97. The third-order valence-electron chi connectivity index (χ3n) is 4.46. The number of hydrogen-bond donors (Lipinski definition) is 0. The highest BCUT2D eigenvalue weighted by Gasteiger charge is 2.30. The molecule has 0 unspecified atom stereocenters. The highest BCUT2D eigenvalue weighted by molar-refractivity contribution is 5.45. The van der Waals surface area contributed by atoms with E-state index in [0.717, 1.165) is 18.1 Å². The molecule has 2 aliphatic heterocycles. The molecule has 1 aromatic carbocycles. The van der Waals surface area contributed by atoms with Gasteiger partial charge in [0.25, 0.3) is 0 Å². The van der Waals surface area contributed by atoms with E-state index in [1.54, 1.807) is 0 Å². The predicted octanol–water partition coefficient (Wildman–Crippen LogP) is 3.43. The predicted molar refractivity (Wildman–Crippen MR) is 80.7 cm³/mol. The van der Waals surface area contributed by atoms with Gasteiger partial charge in [0.2, 0.25) is 0 Å². The summed E-state index contributed by atoms with van der Waals surface area (Å²) in [6.45, 7) is 6.19. The molecule has 0 spiro atoms. The molecular formula is C17H25NO2. The lowest BCUT2D eigenvalue weighted by Gasteiger charge is -2.22. The van der Waals surface area contributed by atoms with Crippen LogP contribution in [0.25, 0.3) is 0 Å². The average molecular weight is 275 g/mol. The van der Waals surface area contributed by atoms with Crippen LogP contribution in [0.5, 0.6) is 11.5 Å². The minimum atomic E-state index is 0.217. The topological polar surface area (TPSA) is 21.7 Å². The van der Waals surface area contributed by atoms with E-state index in [-0.39, 0.29) is 6.10 Å². The molecule has 20 heavy (non-hydrogen) atoms. The lowest BCUT2D eigenvalue weighted by molar-refractivity contribution is 0.242. The number of likely N-dealkylation sites (tertiary alicyclic amines) is 1. The quantitative estimate of drug-likeness (QED) is 0.840. The van der Waals surface area contributed by atoms with Crippen LogP contribution in [-0.4, -0.2) is 37.2 Å². The summed E-state index contributed by atoms with van der Waals surface area (Å²) >= 11 is 0. The Bertz CT molecular complexity index is 472. The maximum absolute atomic E-state index is 5.84. The summed E-state index contributed by atoms with van der Waals surface area (Å²) < 4.78 is 11.7. The Hall–Kier alpha value is -1.22. The Morgan fingerprint density at radius 1 is 1.40 bits per heavy atom. The molecule has 2 heterocycles. The number of fused-ring (bicyclic) bond motifs is 1. The van der Waals surface area contributed by atoms with Crippen molar-refractivity contribution < 1.29 is 9.47 Å². The number of ether oxygens (including phenoxy) is 2. The van der Waals surface area contributed by atoms with Crippen molar-refractivity contribution in [2.24, 2.45) is 0 Å². The van der Waals surface area contributed by atoms with Gasteiger partial charge in [0, 0.05) is 17.5 Å². The van der Waals surface area contributed by atoms with E-state index in [9.17, 15) is 0 Å². The lowest BCUT2D eigenvalue weighted by atomic mass is 9.93. The van der Waals surface area contributed by atoms with Gasteiger partial charge in [-0.15, -0.1) is 0 Å². The summed E-state index contributed by atoms with van der Waals surface area (Å²) in [5, 5.41) is 0. The van der Waals surface area contributed by atoms with Gasteiger partial charge in [0.1, 0.15) is 11.5 Å². The van der Waals surface area contributed by atoms with Crippen molar-refractivity contribution in [1.82, 2.24) is 4.90 Å². The van der Waals surface area contributed by atoms with Gasteiger partial charge in [-0.3, -0.25) is 0 Å². The first-order valence-corrected chi connectivity index (χ1v) is 7.77. The van der Waals surface area contributed by atoms with E-state index in [0.29, 0.717) is 12.0 Å². The molecule has 3 rings (SSSR count). The van der Waals surface area contributed by atoms with Gasteiger partial charge in [-0.2, -0.15) is 0 Å². The second kappa shape index (κ2) is 5.65. The number of hydrogen-bond acceptors (Lipinski definition) is 3. The molecule has 0 N–H and O–H groups in total. The van der Waals surface area contributed by atoms with E-state index < -0.39 is 0 Å². The largest absolute Gasteiger partial charge is 0.493 e. The van der Waals surface area contributed by atoms with Crippen LogP contribution in [-0.2, 0) is 0 Å². The highest BCUT2D eigenvalue weighted by Crippen LogP contribution is 2.40. The Kier molecular flexibility index (Phi) is 3.88. The van der Waals surface area contributed by atoms with Gasteiger partial charge in [-0.1, -0.05) is 0 Å². The number of nitrogens with zero attached hydrogens (tertiary/aromatic N) is 1. The fraction of sp³-hybridized carbons (Fsp3) is 0.647. The van der Waals surface area contributed by atoms with Crippen molar-refractivity contribution in [1.29, 1.82) is 0 Å². The Morgan fingerprint density at radius 2 is 2.25 bits per heavy atom. The standard InChI is InChI=1S/C17H25NO2/c1-12(2)20-15-6-7-17-16(10-15)13(11-19-17)9-14-5-4-8-18(14)3/h6-7,10,12-14H,4-5,8-9,11H2,1-3H3/t13-,14-/m1/s1. The third-order valence-corrected chi connectivity index (χ3v) is 4.46. The van der Waals surface area contributed by atoms with Gasteiger partial charge < -0.3 is 14.4 Å². The second-order valence-electron chi connectivity index (χ2n) is 6.39. The summed E-state index contributed by atoms with van der Waals surface area (Å²) in [5.74, 6) is 2.53. The molecule has 3 nitrogen and oxygen atoms in total. The minimum Gasteiger partial charge on any atom is -0.493 e. The fourth-order valence-electron chi connectivity index (χ4n) is 3.40. The Balaban J connectivity index is 1.74. The Morgan fingerprint density at radius 3 is 2.95 bits per heavy atom. The smallest absolute Gasteiger partial charge is 0.123 e. The van der Waals surface area contributed by atoms with Gasteiger partial charge >= 0.3 is 0 Å². The van der Waals surface area contributed by atoms with Crippen molar-refractivity contribution in [2.75, 3.05) is 20.2 Å². The summed E-state index contributed by atoms with van der Waals surface area (Å²) in [6.07, 6.45) is 4.08. The molecule has 2 aliphatic rings. The molecule has 0 amide bonds. The van der Waals surface area contributed by atoms with Crippen LogP contribution in [0.2, 0.25) is 0 Å². The third kappa shape index (κ3) is 2.78. The molecule has 0 aliphatic carbocycles. The average Bonchev–Trinajstić information content (AvgIpc) is 2.97. The van der Waals surface area contributed by atoms with Crippen molar-refractivity contribution in [3.05, 3.63) is 23.8 Å². The fourth-order valence-corrected chi connectivity index (χ4v) is 3.40. The minimum absolute atomic E-state index is 0.217. The molecule has 2 atom stereocenters. The van der Waals surface area contributed by atoms with E-state index in [2.05, 4.69) is 37.9 Å². The van der Waals surface area contributed by atoms with E-state index >= 15 is 0 Å². The first-order valence-electron chi connectivity index (χ1n) is 7.77. The van der Waals surface area contributed by atoms with Crippen molar-refractivity contribution >= 4 is 0 Å². The Labute approximate surface area is 121 Å². The monoisotopic (exact) mass is 275 g/mol. The molecule has 0 bridgehead atoms. The normalized spacial score (nSPS) is 25.8. The zero-order chi connectivity index (χ0) is 14.1. The molecule has 0 aromatic heterocycles. The molecule has 1 saturated heterocycles. The zero-order valence-electron chi connectivity index (χ0n) is 12.8. The van der Waals surface area contributed by atoms with E-state index in [1.165, 1.54) is 31.4 Å². The van der Waals surface area contributed by atoms with Crippen LogP contribution in [0.15, 0.2) is 18.2 Å². The summed E-state index contributed by atoms with van der Waals surface area (Å²) in [7, 11) is 2.24. The van der Waals surface area contributed by atoms with Gasteiger partial charge in [-0.25, -0.2) is 0 Å². The van der Waals surface area contributed by atoms with E-state index in [1.807, 2.05) is 6.07 Å². The van der Waals surface area contributed by atoms with E-state index in [4.69, 9.17) is 9.47 Å². The van der Waals surface area contributed by atoms with Crippen LogP contribution in [0.1, 0.15) is 44.6 Å². The molecule has 110 valence electrons. The molecule has 1 aromatic rings. The molecule has 0 saturated carbocycles. The first-order chi connectivity index (χ1) is 9.63. The summed E-state index contributed by atoms with van der Waals surface area (Å²) in [4.78, 5) is 2.49. The van der Waals surface area contributed by atoms with Gasteiger partial charge in [0.05, 0.1) is 12.7 Å². The van der Waals surface area contributed by atoms with Crippen LogP contribution >= 0.6 is 0 Å². The molecule has 3 heteroatoms. The number of rotatable bonds is 4. The van der Waals surface area contributed by atoms with Crippen molar-refractivity contribution in [3.8, 4) is 11.5 Å². The maximum Gasteiger partial charge on any atom is 0.123 e. The zero-order valence-corrected chi connectivity index (χ0v) is 12.8. The summed E-state index contributed by atoms with van der Waals surface area (Å²) in [5.41, 5.74) is 1.34. The molecular weight excluding hydrogens is 250 g/mol. The number of benzene rings is 1. The molecule has 1 fully saturated rings. The SMILES string of the molecule is CC(C)Oc1ccc2c(c1)[C@H](C[C@H]1CCCN1C)CO2. The van der Waals surface area contributed by atoms with Crippen molar-refractivity contribution in [3.63, 3.8) is 0 Å². The van der Waals surface area contributed by atoms with Crippen LogP contribution in [0.3, 0.4) is 0 Å². The van der Waals surface area contributed by atoms with Gasteiger partial charge in [-0.05, 0) is 64.9 Å². The first kappa shape index (κ1) is 13.7. The van der Waals surface area contributed by atoms with Gasteiger partial charge in [0.15, 0.2) is 0 Å². The highest BCUT2D eigenvalue weighted by atomic mass is 16.5. The molecule has 0 radical (unpaired) electrons. The lowest BCUT2D eigenvalue weighted by Crippen LogP contribution is -2.27.